The van der Waals surface area contributed by atoms with Crippen LogP contribution in [0.1, 0.15) is 65.3 Å². The van der Waals surface area contributed by atoms with Crippen LogP contribution in [0.25, 0.3) is 11.1 Å². The van der Waals surface area contributed by atoms with Gasteiger partial charge in [0, 0.05) is 30.1 Å². The molecule has 8 nitrogen and oxygen atoms in total. The first-order valence-corrected chi connectivity index (χ1v) is 17.7. The quantitative estimate of drug-likeness (QED) is 0.0656. The van der Waals surface area contributed by atoms with Crippen molar-refractivity contribution in [3.63, 3.8) is 0 Å². The summed E-state index contributed by atoms with van der Waals surface area (Å²) in [5.41, 5.74) is 4.14. The van der Waals surface area contributed by atoms with Crippen molar-refractivity contribution < 1.29 is 17.6 Å². The average Bonchev–Trinajstić information content (AvgIpc) is 3.77. The van der Waals surface area contributed by atoms with E-state index in [1.54, 1.807) is 18.3 Å². The van der Waals surface area contributed by atoms with E-state index in [1.807, 2.05) is 33.8 Å². The van der Waals surface area contributed by atoms with Gasteiger partial charge in [0.15, 0.2) is 16.8 Å². The molecule has 5 aromatic rings. The van der Waals surface area contributed by atoms with Gasteiger partial charge in [0.1, 0.15) is 5.82 Å². The van der Waals surface area contributed by atoms with Crippen LogP contribution in [0.5, 0.6) is 0 Å². The zero-order valence-electron chi connectivity index (χ0n) is 27.2. The molecule has 0 radical (unpaired) electrons. The third-order valence-corrected chi connectivity index (χ3v) is 10.2. The van der Waals surface area contributed by atoms with E-state index < -0.39 is 11.7 Å². The van der Waals surface area contributed by atoms with Crippen molar-refractivity contribution in [2.75, 3.05) is 13.1 Å². The molecule has 3 aromatic carbocycles. The van der Waals surface area contributed by atoms with Gasteiger partial charge in [-0.2, -0.15) is 23.3 Å². The molecule has 2 aromatic heterocycles. The van der Waals surface area contributed by atoms with E-state index in [0.717, 1.165) is 78.9 Å². The summed E-state index contributed by atoms with van der Waals surface area (Å²) in [5.74, 6) is 1.46. The van der Waals surface area contributed by atoms with E-state index in [0.29, 0.717) is 47.6 Å². The van der Waals surface area contributed by atoms with E-state index in [9.17, 15) is 22.4 Å². The van der Waals surface area contributed by atoms with Crippen LogP contribution in [0.4, 0.5) is 17.6 Å². The number of halogens is 4. The van der Waals surface area contributed by atoms with Crippen LogP contribution < -0.4 is 5.56 Å². The molecule has 0 unspecified atom stereocenters. The molecule has 0 saturated carbocycles. The minimum atomic E-state index is -4.39. The highest BCUT2D eigenvalue weighted by Crippen LogP contribution is 2.31. The second-order valence-electron chi connectivity index (χ2n) is 12.6. The number of hydrazone groups is 1. The Labute approximate surface area is 290 Å². The second kappa shape index (κ2) is 14.6. The largest absolute Gasteiger partial charge is 0.416 e. The predicted octanol–water partition coefficient (Wildman–Crippen LogP) is 7.36. The lowest BCUT2D eigenvalue weighted by molar-refractivity contribution is -0.137. The maximum absolute atomic E-state index is 13.5. The Morgan fingerprint density at radius 2 is 1.46 bits per heavy atom. The van der Waals surface area contributed by atoms with Crippen molar-refractivity contribution in [1.29, 1.82) is 0 Å². The third kappa shape index (κ3) is 7.67. The maximum Gasteiger partial charge on any atom is 0.416 e. The number of rotatable bonds is 10. The summed E-state index contributed by atoms with van der Waals surface area (Å²) in [6.45, 7) is 2.51. The molecule has 3 heterocycles. The lowest BCUT2D eigenvalue weighted by atomic mass is 10.0. The number of hydrogen-bond acceptors (Lipinski definition) is 7. The van der Waals surface area contributed by atoms with Gasteiger partial charge in [-0.15, -0.1) is 10.2 Å². The van der Waals surface area contributed by atoms with Crippen molar-refractivity contribution in [3.8, 4) is 11.1 Å². The topological polar surface area (TPSA) is 81.2 Å². The molecule has 1 fully saturated rings. The molecule has 258 valence electrons. The fourth-order valence-corrected chi connectivity index (χ4v) is 7.39. The van der Waals surface area contributed by atoms with E-state index in [2.05, 4.69) is 19.7 Å². The first-order chi connectivity index (χ1) is 24.2. The SMILES string of the molecule is O=c1nc(SCc2ccc(F)cc2)n(Cc2nnc(C=NN3CCCCC3)n2Cc2ccc(-c3ccc(C(F)(F)F)cc3)cc2)c2c1CCC2. The van der Waals surface area contributed by atoms with Crippen molar-refractivity contribution in [3.05, 3.63) is 129 Å². The number of aromatic nitrogens is 5. The van der Waals surface area contributed by atoms with Gasteiger partial charge in [0.25, 0.3) is 5.56 Å². The van der Waals surface area contributed by atoms with E-state index >= 15 is 0 Å². The van der Waals surface area contributed by atoms with Gasteiger partial charge < -0.3 is 9.13 Å². The molecule has 13 heteroatoms. The fourth-order valence-electron chi connectivity index (χ4n) is 6.43. The van der Waals surface area contributed by atoms with Crippen LogP contribution in [-0.2, 0) is 37.9 Å². The monoisotopic (exact) mass is 701 g/mol. The highest BCUT2D eigenvalue weighted by molar-refractivity contribution is 7.98. The number of thioether (sulfide) groups is 1. The Kier molecular flexibility index (Phi) is 9.84. The highest BCUT2D eigenvalue weighted by atomic mass is 32.2. The number of piperidine rings is 1. The Bertz CT molecular complexity index is 2030. The number of nitrogens with zero attached hydrogens (tertiary/aromatic N) is 7. The van der Waals surface area contributed by atoms with E-state index in [4.69, 9.17) is 5.10 Å². The number of fused-ring (bicyclic) bond motifs is 1. The molecular weight excluding hydrogens is 667 g/mol. The molecule has 1 aliphatic carbocycles. The number of benzene rings is 3. The molecule has 2 aliphatic rings. The van der Waals surface area contributed by atoms with Gasteiger partial charge in [-0.05, 0) is 85.0 Å². The maximum atomic E-state index is 13.5. The van der Waals surface area contributed by atoms with Crippen molar-refractivity contribution in [2.24, 2.45) is 5.10 Å². The third-order valence-electron chi connectivity index (χ3n) is 9.15. The standard InChI is InChI=1S/C37H35F4N7OS/c38-30-17-9-26(10-18-30)24-50-36-43-35(49)31-5-4-6-32(31)47(36)23-34-45-44-33(21-42-46-19-2-1-3-20-46)48(34)22-25-7-11-27(12-8-25)28-13-15-29(16-14-28)37(39,40)41/h7-18,21H,1-6,19-20,22-24H2. The van der Waals surface area contributed by atoms with Crippen molar-refractivity contribution in [2.45, 2.75) is 68.7 Å². The minimum absolute atomic E-state index is 0.209. The fraction of sp³-hybridized carbons (Fsp3) is 0.324. The summed E-state index contributed by atoms with van der Waals surface area (Å²) in [6.07, 6.45) is 3.01. The molecule has 50 heavy (non-hydrogen) atoms. The Balaban J connectivity index is 1.20. The Morgan fingerprint density at radius 1 is 0.780 bits per heavy atom. The molecule has 0 atom stereocenters. The summed E-state index contributed by atoms with van der Waals surface area (Å²) in [5, 5.41) is 16.5. The van der Waals surface area contributed by atoms with Gasteiger partial charge in [-0.1, -0.05) is 60.3 Å². The molecule has 0 bridgehead atoms. The minimum Gasteiger partial charge on any atom is -0.316 e. The predicted molar refractivity (Wildman–Crippen MR) is 185 cm³/mol. The molecule has 0 spiro atoms. The van der Waals surface area contributed by atoms with E-state index in [-0.39, 0.29) is 11.4 Å². The zero-order chi connectivity index (χ0) is 34.7. The number of hydrogen-bond donors (Lipinski definition) is 0. The lowest BCUT2D eigenvalue weighted by Gasteiger charge is -2.23. The first kappa shape index (κ1) is 33.7. The van der Waals surface area contributed by atoms with Crippen LogP contribution in [0.3, 0.4) is 0 Å². The smallest absolute Gasteiger partial charge is 0.316 e. The Hall–Kier alpha value is -4.78. The first-order valence-electron chi connectivity index (χ1n) is 16.7. The van der Waals surface area contributed by atoms with Crippen LogP contribution in [0.15, 0.2) is 87.8 Å². The van der Waals surface area contributed by atoms with Crippen molar-refractivity contribution >= 4 is 18.0 Å². The van der Waals surface area contributed by atoms with Crippen LogP contribution >= 0.6 is 11.8 Å². The van der Waals surface area contributed by atoms with Crippen molar-refractivity contribution in [1.82, 2.24) is 29.3 Å². The molecule has 0 N–H and O–H groups in total. The van der Waals surface area contributed by atoms with Crippen LogP contribution in [0.2, 0.25) is 0 Å². The molecule has 0 amide bonds. The van der Waals surface area contributed by atoms with Gasteiger partial charge in [-0.3, -0.25) is 9.80 Å². The molecular formula is C37H35F4N7OS. The molecule has 7 rings (SSSR count). The Morgan fingerprint density at radius 3 is 2.16 bits per heavy atom. The van der Waals surface area contributed by atoms with Gasteiger partial charge in [-0.25, -0.2) is 4.39 Å². The number of alkyl halides is 3. The van der Waals surface area contributed by atoms with Gasteiger partial charge in [0.05, 0.1) is 24.9 Å². The lowest BCUT2D eigenvalue weighted by Crippen LogP contribution is -2.25. The van der Waals surface area contributed by atoms with E-state index in [1.165, 1.54) is 42.4 Å². The summed E-state index contributed by atoms with van der Waals surface area (Å²) in [7, 11) is 0. The second-order valence-corrected chi connectivity index (χ2v) is 13.5. The summed E-state index contributed by atoms with van der Waals surface area (Å²) < 4.78 is 56.9. The molecule has 1 aliphatic heterocycles. The molecule has 1 saturated heterocycles. The summed E-state index contributed by atoms with van der Waals surface area (Å²) in [6, 6.07) is 19.1. The zero-order valence-corrected chi connectivity index (χ0v) is 28.1. The summed E-state index contributed by atoms with van der Waals surface area (Å²) in [4.78, 5) is 17.5. The van der Waals surface area contributed by atoms with Gasteiger partial charge >= 0.3 is 6.18 Å². The van der Waals surface area contributed by atoms with Gasteiger partial charge in [0.2, 0.25) is 0 Å². The highest BCUT2D eigenvalue weighted by Gasteiger charge is 2.30. The summed E-state index contributed by atoms with van der Waals surface area (Å²) >= 11 is 1.43. The van der Waals surface area contributed by atoms with Crippen LogP contribution in [0, 0.1) is 5.82 Å². The van der Waals surface area contributed by atoms with Crippen LogP contribution in [-0.4, -0.2) is 48.6 Å². The normalized spacial score (nSPS) is 14.8. The average molecular weight is 702 g/mol.